The number of carbonyl (C=O) groups excluding carboxylic acids is 2. The Morgan fingerprint density at radius 3 is 2.59 bits per heavy atom. The van der Waals surface area contributed by atoms with Crippen LogP contribution in [0, 0.1) is 0 Å². The first kappa shape index (κ1) is 18.8. The van der Waals surface area contributed by atoms with Crippen LogP contribution >= 0.6 is 0 Å². The highest BCUT2D eigenvalue weighted by atomic mass is 16.5. The summed E-state index contributed by atoms with van der Waals surface area (Å²) in [6.45, 7) is 3.63. The van der Waals surface area contributed by atoms with E-state index in [4.69, 9.17) is 9.47 Å². The van der Waals surface area contributed by atoms with Crippen molar-refractivity contribution < 1.29 is 19.1 Å². The Kier molecular flexibility index (Phi) is 6.38. The number of nitrogens with zero attached hydrogens (tertiary/aromatic N) is 1. The molecular weight excluding hydrogens is 346 g/mol. The summed E-state index contributed by atoms with van der Waals surface area (Å²) in [4.78, 5) is 28.1. The first-order valence-electron chi connectivity index (χ1n) is 9.06. The maximum atomic E-state index is 12.3. The summed E-state index contributed by atoms with van der Waals surface area (Å²) in [6, 6.07) is 10.0. The SMILES string of the molecule is CCOC(=O)c1ccc(NC(=O)c2ccc(NCC3CCCO3)cn2)cc1. The second-order valence-electron chi connectivity index (χ2n) is 6.20. The number of hydrogen-bond acceptors (Lipinski definition) is 6. The van der Waals surface area contributed by atoms with E-state index in [0.29, 0.717) is 23.6 Å². The van der Waals surface area contributed by atoms with Crippen LogP contribution in [0.2, 0.25) is 0 Å². The van der Waals surface area contributed by atoms with Gasteiger partial charge in [-0.2, -0.15) is 0 Å². The molecule has 1 amide bonds. The Balaban J connectivity index is 1.53. The number of benzene rings is 1. The van der Waals surface area contributed by atoms with Gasteiger partial charge in [-0.15, -0.1) is 0 Å². The summed E-state index contributed by atoms with van der Waals surface area (Å²) in [5.74, 6) is -0.701. The predicted molar refractivity (Wildman–Crippen MR) is 102 cm³/mol. The van der Waals surface area contributed by atoms with E-state index in [1.165, 1.54) is 0 Å². The molecule has 1 unspecified atom stereocenters. The molecule has 1 aromatic heterocycles. The number of hydrogen-bond donors (Lipinski definition) is 2. The molecule has 1 aliphatic rings. The van der Waals surface area contributed by atoms with Crippen LogP contribution in [-0.4, -0.2) is 42.7 Å². The number of anilines is 2. The highest BCUT2D eigenvalue weighted by Gasteiger charge is 2.15. The zero-order valence-electron chi connectivity index (χ0n) is 15.2. The summed E-state index contributed by atoms with van der Waals surface area (Å²) in [5, 5.41) is 6.03. The molecule has 2 aromatic rings. The van der Waals surface area contributed by atoms with Crippen molar-refractivity contribution in [1.82, 2.24) is 4.98 Å². The van der Waals surface area contributed by atoms with Crippen LogP contribution < -0.4 is 10.6 Å². The molecule has 2 heterocycles. The van der Waals surface area contributed by atoms with Crippen molar-refractivity contribution in [2.45, 2.75) is 25.9 Å². The Morgan fingerprint density at radius 1 is 1.19 bits per heavy atom. The molecule has 0 bridgehead atoms. The maximum Gasteiger partial charge on any atom is 0.338 e. The van der Waals surface area contributed by atoms with Crippen molar-refractivity contribution in [3.05, 3.63) is 53.9 Å². The quantitative estimate of drug-likeness (QED) is 0.729. The van der Waals surface area contributed by atoms with Crippen LogP contribution in [-0.2, 0) is 9.47 Å². The lowest BCUT2D eigenvalue weighted by Gasteiger charge is -2.12. The average molecular weight is 369 g/mol. The number of amides is 1. The minimum Gasteiger partial charge on any atom is -0.462 e. The van der Waals surface area contributed by atoms with E-state index in [1.807, 2.05) is 6.07 Å². The monoisotopic (exact) mass is 369 g/mol. The van der Waals surface area contributed by atoms with E-state index in [2.05, 4.69) is 15.6 Å². The number of carbonyl (C=O) groups is 2. The van der Waals surface area contributed by atoms with E-state index >= 15 is 0 Å². The predicted octanol–water partition coefficient (Wildman–Crippen LogP) is 3.10. The van der Waals surface area contributed by atoms with E-state index < -0.39 is 0 Å². The molecule has 0 radical (unpaired) electrons. The Hall–Kier alpha value is -2.93. The van der Waals surface area contributed by atoms with Crippen molar-refractivity contribution in [3.63, 3.8) is 0 Å². The molecule has 0 spiro atoms. The van der Waals surface area contributed by atoms with Gasteiger partial charge in [-0.05, 0) is 56.2 Å². The Labute approximate surface area is 158 Å². The normalized spacial score (nSPS) is 16.0. The smallest absolute Gasteiger partial charge is 0.338 e. The molecule has 1 saturated heterocycles. The van der Waals surface area contributed by atoms with E-state index in [9.17, 15) is 9.59 Å². The van der Waals surface area contributed by atoms with E-state index in [-0.39, 0.29) is 18.0 Å². The molecule has 0 aliphatic carbocycles. The van der Waals surface area contributed by atoms with Crippen LogP contribution in [0.5, 0.6) is 0 Å². The Morgan fingerprint density at radius 2 is 1.96 bits per heavy atom. The van der Waals surface area contributed by atoms with Gasteiger partial charge in [0.2, 0.25) is 0 Å². The molecule has 3 rings (SSSR count). The highest BCUT2D eigenvalue weighted by Crippen LogP contribution is 2.15. The molecular formula is C20H23N3O4. The number of nitrogens with one attached hydrogen (secondary N) is 2. The summed E-state index contributed by atoms with van der Waals surface area (Å²) >= 11 is 0. The molecule has 7 nitrogen and oxygen atoms in total. The van der Waals surface area contributed by atoms with Gasteiger partial charge in [0.15, 0.2) is 0 Å². The first-order chi connectivity index (χ1) is 13.2. The minimum atomic E-state index is -0.386. The summed E-state index contributed by atoms with van der Waals surface area (Å²) < 4.78 is 10.5. The minimum absolute atomic E-state index is 0.241. The van der Waals surface area contributed by atoms with Gasteiger partial charge in [-0.3, -0.25) is 4.79 Å². The topological polar surface area (TPSA) is 89.5 Å². The van der Waals surface area contributed by atoms with Gasteiger partial charge in [0.25, 0.3) is 5.91 Å². The van der Waals surface area contributed by atoms with Crippen molar-refractivity contribution in [2.75, 3.05) is 30.4 Å². The highest BCUT2D eigenvalue weighted by molar-refractivity contribution is 6.03. The number of aromatic nitrogens is 1. The van der Waals surface area contributed by atoms with Gasteiger partial charge >= 0.3 is 5.97 Å². The van der Waals surface area contributed by atoms with Crippen LogP contribution in [0.1, 0.15) is 40.6 Å². The average Bonchev–Trinajstić information content (AvgIpc) is 3.21. The van der Waals surface area contributed by atoms with E-state index in [1.54, 1.807) is 43.5 Å². The van der Waals surface area contributed by atoms with Crippen molar-refractivity contribution >= 4 is 23.3 Å². The first-order valence-corrected chi connectivity index (χ1v) is 9.06. The lowest BCUT2D eigenvalue weighted by molar-refractivity contribution is 0.0526. The molecule has 1 atom stereocenters. The van der Waals surface area contributed by atoms with Gasteiger partial charge in [0.05, 0.1) is 30.2 Å². The zero-order valence-corrected chi connectivity index (χ0v) is 15.2. The third kappa shape index (κ3) is 5.27. The number of esters is 1. The molecule has 0 saturated carbocycles. The standard InChI is InChI=1S/C20H23N3O4/c1-2-26-20(25)14-5-7-15(8-6-14)23-19(24)18-10-9-16(12-22-18)21-13-17-4-3-11-27-17/h5-10,12,17,21H,2-4,11,13H2,1H3,(H,23,24). The van der Waals surface area contributed by atoms with Gasteiger partial charge in [-0.1, -0.05) is 0 Å². The molecule has 27 heavy (non-hydrogen) atoms. The van der Waals surface area contributed by atoms with Crippen LogP contribution in [0.4, 0.5) is 11.4 Å². The maximum absolute atomic E-state index is 12.3. The van der Waals surface area contributed by atoms with Crippen LogP contribution in [0.15, 0.2) is 42.6 Å². The Bertz CT molecular complexity index is 769. The van der Waals surface area contributed by atoms with Crippen molar-refractivity contribution in [2.24, 2.45) is 0 Å². The van der Waals surface area contributed by atoms with Gasteiger partial charge in [-0.25, -0.2) is 9.78 Å². The fourth-order valence-electron chi connectivity index (χ4n) is 2.77. The fraction of sp³-hybridized carbons (Fsp3) is 0.350. The molecule has 142 valence electrons. The second-order valence-corrected chi connectivity index (χ2v) is 6.20. The van der Waals surface area contributed by atoms with Gasteiger partial charge in [0.1, 0.15) is 5.69 Å². The molecule has 7 heteroatoms. The van der Waals surface area contributed by atoms with Gasteiger partial charge in [0, 0.05) is 18.8 Å². The van der Waals surface area contributed by atoms with Crippen molar-refractivity contribution in [1.29, 1.82) is 0 Å². The number of pyridine rings is 1. The third-order valence-corrected chi connectivity index (χ3v) is 4.21. The fourth-order valence-corrected chi connectivity index (χ4v) is 2.77. The largest absolute Gasteiger partial charge is 0.462 e. The van der Waals surface area contributed by atoms with Gasteiger partial charge < -0.3 is 20.1 Å². The van der Waals surface area contributed by atoms with Crippen LogP contribution in [0.25, 0.3) is 0 Å². The molecule has 2 N–H and O–H groups in total. The molecule has 1 aliphatic heterocycles. The lowest BCUT2D eigenvalue weighted by atomic mass is 10.2. The summed E-state index contributed by atoms with van der Waals surface area (Å²) in [5.41, 5.74) is 2.18. The summed E-state index contributed by atoms with van der Waals surface area (Å²) in [6.07, 6.45) is 4.04. The molecule has 1 fully saturated rings. The second kappa shape index (κ2) is 9.14. The number of ether oxygens (including phenoxy) is 2. The lowest BCUT2D eigenvalue weighted by Crippen LogP contribution is -2.19. The van der Waals surface area contributed by atoms with E-state index in [0.717, 1.165) is 31.7 Å². The third-order valence-electron chi connectivity index (χ3n) is 4.21. The number of rotatable bonds is 7. The zero-order chi connectivity index (χ0) is 19.1. The van der Waals surface area contributed by atoms with Crippen molar-refractivity contribution in [3.8, 4) is 0 Å². The summed E-state index contributed by atoms with van der Waals surface area (Å²) in [7, 11) is 0. The van der Waals surface area contributed by atoms with Crippen LogP contribution in [0.3, 0.4) is 0 Å². The molecule has 1 aromatic carbocycles.